The lowest BCUT2D eigenvalue weighted by Crippen LogP contribution is -2.43. The lowest BCUT2D eigenvalue weighted by Gasteiger charge is -2.30. The zero-order valence-corrected chi connectivity index (χ0v) is 18.9. The number of rotatable bonds is 7. The number of carbonyl (C=O) groups is 1. The van der Waals surface area contributed by atoms with Gasteiger partial charge in [0.05, 0.1) is 5.75 Å². The molecule has 1 aliphatic rings. The minimum atomic E-state index is -3.46. The second kappa shape index (κ2) is 9.81. The molecule has 1 heterocycles. The van der Waals surface area contributed by atoms with Crippen molar-refractivity contribution in [2.75, 3.05) is 32.1 Å². The molecule has 6 nitrogen and oxygen atoms in total. The smallest absolute Gasteiger partial charge is 0.223 e. The minimum absolute atomic E-state index is 0.0187. The van der Waals surface area contributed by atoms with Crippen LogP contribution in [0.2, 0.25) is 5.02 Å². The Labute approximate surface area is 183 Å². The van der Waals surface area contributed by atoms with Crippen molar-refractivity contribution in [1.82, 2.24) is 9.62 Å². The monoisotopic (exact) mass is 449 g/mol. The van der Waals surface area contributed by atoms with E-state index in [9.17, 15) is 13.2 Å². The second-order valence-electron chi connectivity index (χ2n) is 7.80. The van der Waals surface area contributed by atoms with Crippen molar-refractivity contribution in [3.63, 3.8) is 0 Å². The summed E-state index contributed by atoms with van der Waals surface area (Å²) in [5, 5.41) is 3.43. The maximum atomic E-state index is 12.7. The number of nitrogens with one attached hydrogen (secondary N) is 1. The zero-order valence-electron chi connectivity index (χ0n) is 17.3. The fourth-order valence-corrected chi connectivity index (χ4v) is 5.42. The van der Waals surface area contributed by atoms with Gasteiger partial charge in [-0.15, -0.1) is 0 Å². The van der Waals surface area contributed by atoms with Crippen LogP contribution in [0, 0.1) is 5.92 Å². The van der Waals surface area contributed by atoms with E-state index in [4.69, 9.17) is 11.6 Å². The van der Waals surface area contributed by atoms with Crippen LogP contribution in [0.3, 0.4) is 0 Å². The molecule has 0 bridgehead atoms. The van der Waals surface area contributed by atoms with Crippen LogP contribution >= 0.6 is 11.6 Å². The minimum Gasteiger partial charge on any atom is -0.378 e. The second-order valence-corrected chi connectivity index (χ2v) is 10.2. The van der Waals surface area contributed by atoms with Gasteiger partial charge >= 0.3 is 0 Å². The van der Waals surface area contributed by atoms with E-state index in [1.165, 1.54) is 4.31 Å². The highest BCUT2D eigenvalue weighted by Crippen LogP contribution is 2.24. The molecule has 0 radical (unpaired) electrons. The average Bonchev–Trinajstić information content (AvgIpc) is 2.74. The van der Waals surface area contributed by atoms with Crippen molar-refractivity contribution in [2.24, 2.45) is 5.92 Å². The lowest BCUT2D eigenvalue weighted by atomic mass is 9.97. The van der Waals surface area contributed by atoms with Crippen LogP contribution in [0.15, 0.2) is 48.5 Å². The van der Waals surface area contributed by atoms with E-state index in [1.807, 2.05) is 43.3 Å². The summed E-state index contributed by atoms with van der Waals surface area (Å²) >= 11 is 6.10. The molecule has 0 spiro atoms. The summed E-state index contributed by atoms with van der Waals surface area (Å²) < 4.78 is 26.9. The molecule has 2 aromatic carbocycles. The molecule has 1 N–H and O–H groups in total. The summed E-state index contributed by atoms with van der Waals surface area (Å²) in [6.07, 6.45) is 1.04. The van der Waals surface area contributed by atoms with Gasteiger partial charge in [0.1, 0.15) is 0 Å². The molecule has 0 aliphatic carbocycles. The first-order chi connectivity index (χ1) is 14.3. The number of benzene rings is 2. The maximum absolute atomic E-state index is 12.7. The molecular formula is C22H28ClN3O3S. The van der Waals surface area contributed by atoms with E-state index in [2.05, 4.69) is 5.32 Å². The Hall–Kier alpha value is -2.09. The Morgan fingerprint density at radius 3 is 2.33 bits per heavy atom. The van der Waals surface area contributed by atoms with E-state index in [-0.39, 0.29) is 17.6 Å². The molecule has 1 saturated heterocycles. The van der Waals surface area contributed by atoms with Crippen molar-refractivity contribution in [3.8, 4) is 0 Å². The number of nitrogens with zero attached hydrogens (tertiary/aromatic N) is 2. The summed E-state index contributed by atoms with van der Waals surface area (Å²) in [7, 11) is 0.507. The van der Waals surface area contributed by atoms with Crippen molar-refractivity contribution < 1.29 is 13.2 Å². The van der Waals surface area contributed by atoms with Crippen LogP contribution in [0.5, 0.6) is 0 Å². The highest BCUT2D eigenvalue weighted by atomic mass is 35.5. The summed E-state index contributed by atoms with van der Waals surface area (Å²) in [5.74, 6) is -0.306. The van der Waals surface area contributed by atoms with E-state index < -0.39 is 10.0 Å². The number of hydrogen-bond acceptors (Lipinski definition) is 4. The van der Waals surface area contributed by atoms with Crippen LogP contribution in [0.1, 0.15) is 24.0 Å². The highest BCUT2D eigenvalue weighted by molar-refractivity contribution is 7.88. The van der Waals surface area contributed by atoms with Crippen molar-refractivity contribution >= 4 is 33.2 Å². The Morgan fingerprint density at radius 2 is 1.73 bits per heavy atom. The third kappa shape index (κ3) is 5.74. The first kappa shape index (κ1) is 22.6. The van der Waals surface area contributed by atoms with E-state index in [1.54, 1.807) is 24.3 Å². The fourth-order valence-electron chi connectivity index (χ4n) is 3.54. The standard InChI is InChI=1S/C22H28ClN3O3S/c1-25(2)20-9-7-17(8-10-20)15-24-22(27)18-11-13-26(14-12-18)30(28,29)16-19-5-3-4-6-21(19)23/h3-10,18H,11-16H2,1-2H3,(H,24,27). The number of halogens is 1. The van der Waals surface area contributed by atoms with Crippen molar-refractivity contribution in [3.05, 3.63) is 64.7 Å². The Kier molecular flexibility index (Phi) is 7.39. The summed E-state index contributed by atoms with van der Waals surface area (Å²) in [5.41, 5.74) is 2.74. The van der Waals surface area contributed by atoms with Crippen molar-refractivity contribution in [2.45, 2.75) is 25.1 Å². The number of carbonyl (C=O) groups excluding carboxylic acids is 1. The highest BCUT2D eigenvalue weighted by Gasteiger charge is 2.31. The molecule has 2 aromatic rings. The molecule has 162 valence electrons. The van der Waals surface area contributed by atoms with Gasteiger partial charge in [-0.05, 0) is 42.2 Å². The largest absolute Gasteiger partial charge is 0.378 e. The average molecular weight is 450 g/mol. The number of anilines is 1. The van der Waals surface area contributed by atoms with Gasteiger partial charge in [0.2, 0.25) is 15.9 Å². The third-order valence-corrected chi connectivity index (χ3v) is 7.63. The van der Waals surface area contributed by atoms with Gasteiger partial charge in [0.15, 0.2) is 0 Å². The summed E-state index contributed by atoms with van der Waals surface area (Å²) in [6, 6.07) is 15.0. The number of piperidine rings is 1. The predicted octanol–water partition coefficient (Wildman–Crippen LogP) is 3.26. The maximum Gasteiger partial charge on any atom is 0.223 e. The molecule has 30 heavy (non-hydrogen) atoms. The normalized spacial score (nSPS) is 15.7. The van der Waals surface area contributed by atoms with Crippen LogP contribution in [-0.2, 0) is 27.1 Å². The first-order valence-corrected chi connectivity index (χ1v) is 12.0. The SMILES string of the molecule is CN(C)c1ccc(CNC(=O)C2CCN(S(=O)(=O)Cc3ccccc3Cl)CC2)cc1. The molecule has 1 fully saturated rings. The topological polar surface area (TPSA) is 69.7 Å². The lowest BCUT2D eigenvalue weighted by molar-refractivity contribution is -0.126. The van der Waals surface area contributed by atoms with Crippen LogP contribution in [0.4, 0.5) is 5.69 Å². The molecule has 1 aliphatic heterocycles. The van der Waals surface area contributed by atoms with Gasteiger partial charge in [-0.1, -0.05) is 41.9 Å². The summed E-state index contributed by atoms with van der Waals surface area (Å²) in [6.45, 7) is 1.17. The van der Waals surface area contributed by atoms with E-state index >= 15 is 0 Å². The molecule has 0 atom stereocenters. The number of sulfonamides is 1. The molecule has 0 aromatic heterocycles. The molecule has 0 unspecified atom stereocenters. The van der Waals surface area contributed by atoms with Crippen LogP contribution in [-0.4, -0.2) is 45.8 Å². The van der Waals surface area contributed by atoms with Gasteiger partial charge in [0, 0.05) is 50.4 Å². The zero-order chi connectivity index (χ0) is 21.7. The third-order valence-electron chi connectivity index (χ3n) is 5.43. The molecule has 1 amide bonds. The van der Waals surface area contributed by atoms with Crippen LogP contribution < -0.4 is 10.2 Å². The van der Waals surface area contributed by atoms with Crippen LogP contribution in [0.25, 0.3) is 0 Å². The quantitative estimate of drug-likeness (QED) is 0.704. The van der Waals surface area contributed by atoms with Gasteiger partial charge < -0.3 is 10.2 Å². The summed E-state index contributed by atoms with van der Waals surface area (Å²) in [4.78, 5) is 14.6. The number of amides is 1. The first-order valence-electron chi connectivity index (χ1n) is 10.0. The molecule has 3 rings (SSSR count). The van der Waals surface area contributed by atoms with Gasteiger partial charge in [-0.3, -0.25) is 4.79 Å². The number of hydrogen-bond donors (Lipinski definition) is 1. The van der Waals surface area contributed by atoms with Gasteiger partial charge in [0.25, 0.3) is 0 Å². The van der Waals surface area contributed by atoms with E-state index in [0.717, 1.165) is 11.3 Å². The Balaban J connectivity index is 1.49. The molecule has 0 saturated carbocycles. The van der Waals surface area contributed by atoms with E-state index in [0.29, 0.717) is 43.1 Å². The molecule has 8 heteroatoms. The predicted molar refractivity (Wildman–Crippen MR) is 121 cm³/mol. The van der Waals surface area contributed by atoms with Gasteiger partial charge in [-0.25, -0.2) is 12.7 Å². The Bertz CT molecular complexity index is 969. The van der Waals surface area contributed by atoms with Crippen molar-refractivity contribution in [1.29, 1.82) is 0 Å². The fraction of sp³-hybridized carbons (Fsp3) is 0.409. The molecular weight excluding hydrogens is 422 g/mol. The van der Waals surface area contributed by atoms with Gasteiger partial charge in [-0.2, -0.15) is 0 Å². The Morgan fingerprint density at radius 1 is 1.10 bits per heavy atom.